The van der Waals surface area contributed by atoms with Crippen molar-refractivity contribution in [1.29, 1.82) is 0 Å². The summed E-state index contributed by atoms with van der Waals surface area (Å²) in [6, 6.07) is 78.4. The van der Waals surface area contributed by atoms with Crippen molar-refractivity contribution in [3.05, 3.63) is 223 Å². The maximum atomic E-state index is 2.48. The zero-order valence-electron chi connectivity index (χ0n) is 32.7. The summed E-state index contributed by atoms with van der Waals surface area (Å²) < 4.78 is 0. The number of anilines is 3. The average molecular weight is 740 g/mol. The molecule has 1 aliphatic rings. The van der Waals surface area contributed by atoms with Crippen LogP contribution in [0, 0.1) is 0 Å². The van der Waals surface area contributed by atoms with Gasteiger partial charge in [-0.1, -0.05) is 190 Å². The van der Waals surface area contributed by atoms with Crippen LogP contribution in [0.25, 0.3) is 76.8 Å². The van der Waals surface area contributed by atoms with Crippen molar-refractivity contribution in [2.75, 3.05) is 4.90 Å². The summed E-state index contributed by atoms with van der Waals surface area (Å²) in [5.41, 5.74) is 16.0. The minimum absolute atomic E-state index is 0.103. The van der Waals surface area contributed by atoms with Crippen LogP contribution in [-0.4, -0.2) is 0 Å². The van der Waals surface area contributed by atoms with E-state index in [9.17, 15) is 0 Å². The van der Waals surface area contributed by atoms with E-state index >= 15 is 0 Å². The second kappa shape index (κ2) is 13.5. The maximum absolute atomic E-state index is 2.48. The Morgan fingerprint density at radius 1 is 0.328 bits per heavy atom. The van der Waals surface area contributed by atoms with Gasteiger partial charge in [-0.2, -0.15) is 0 Å². The summed E-state index contributed by atoms with van der Waals surface area (Å²) in [6.07, 6.45) is 0. The molecule has 1 heteroatoms. The Labute approximate surface area is 340 Å². The van der Waals surface area contributed by atoms with Gasteiger partial charge in [0.2, 0.25) is 0 Å². The highest BCUT2D eigenvalue weighted by Gasteiger charge is 2.37. The highest BCUT2D eigenvalue weighted by Crippen LogP contribution is 2.52. The Kier molecular flexibility index (Phi) is 7.91. The van der Waals surface area contributed by atoms with Gasteiger partial charge in [-0.25, -0.2) is 0 Å². The zero-order valence-corrected chi connectivity index (χ0v) is 32.7. The molecule has 11 rings (SSSR count). The minimum atomic E-state index is -0.103. The van der Waals surface area contributed by atoms with Crippen LogP contribution in [-0.2, 0) is 5.41 Å². The monoisotopic (exact) mass is 739 g/mol. The summed E-state index contributed by atoms with van der Waals surface area (Å²) in [4.78, 5) is 2.48. The van der Waals surface area contributed by atoms with Crippen molar-refractivity contribution < 1.29 is 0 Å². The number of hydrogen-bond acceptors (Lipinski definition) is 1. The molecule has 0 heterocycles. The topological polar surface area (TPSA) is 3.24 Å². The molecule has 58 heavy (non-hydrogen) atoms. The van der Waals surface area contributed by atoms with E-state index in [1.165, 1.54) is 88.0 Å². The van der Waals surface area contributed by atoms with Gasteiger partial charge < -0.3 is 4.90 Å². The molecular weight excluding hydrogens is 699 g/mol. The molecule has 0 aliphatic heterocycles. The molecule has 0 saturated carbocycles. The van der Waals surface area contributed by atoms with E-state index in [-0.39, 0.29) is 5.41 Å². The first-order chi connectivity index (χ1) is 28.5. The van der Waals surface area contributed by atoms with Gasteiger partial charge in [0.25, 0.3) is 0 Å². The van der Waals surface area contributed by atoms with E-state index in [1.807, 2.05) is 0 Å². The molecule has 1 nitrogen and oxygen atoms in total. The van der Waals surface area contributed by atoms with Crippen molar-refractivity contribution in [3.63, 3.8) is 0 Å². The summed E-state index contributed by atoms with van der Waals surface area (Å²) >= 11 is 0. The lowest BCUT2D eigenvalue weighted by molar-refractivity contribution is 0.662. The first-order valence-corrected chi connectivity index (χ1v) is 20.3. The third kappa shape index (κ3) is 5.54. The normalized spacial score (nSPS) is 12.8. The van der Waals surface area contributed by atoms with Crippen LogP contribution < -0.4 is 4.90 Å². The molecule has 0 unspecified atom stereocenters. The molecule has 0 aromatic heterocycles. The van der Waals surface area contributed by atoms with Crippen molar-refractivity contribution >= 4 is 49.4 Å². The van der Waals surface area contributed by atoms with Crippen LogP contribution in [0.15, 0.2) is 212 Å². The Morgan fingerprint density at radius 2 is 0.862 bits per heavy atom. The summed E-state index contributed by atoms with van der Waals surface area (Å²) in [5.74, 6) is 0. The first kappa shape index (κ1) is 34.1. The van der Waals surface area contributed by atoms with Crippen molar-refractivity contribution in [3.8, 4) is 44.5 Å². The predicted molar refractivity (Wildman–Crippen MR) is 248 cm³/mol. The minimum Gasteiger partial charge on any atom is -0.309 e. The second-order valence-electron chi connectivity index (χ2n) is 16.1. The van der Waals surface area contributed by atoms with Gasteiger partial charge in [0.15, 0.2) is 0 Å². The smallest absolute Gasteiger partial charge is 0.0546 e. The fourth-order valence-corrected chi connectivity index (χ4v) is 9.56. The fourth-order valence-electron chi connectivity index (χ4n) is 9.56. The van der Waals surface area contributed by atoms with E-state index in [1.54, 1.807) is 0 Å². The number of fused-ring (bicyclic) bond motifs is 6. The Hall–Kier alpha value is -7.22. The molecule has 0 radical (unpaired) electrons. The largest absolute Gasteiger partial charge is 0.309 e. The summed E-state index contributed by atoms with van der Waals surface area (Å²) in [6.45, 7) is 4.74. The van der Waals surface area contributed by atoms with Crippen LogP contribution in [0.3, 0.4) is 0 Å². The SMILES string of the molecule is CC1(C)c2ccccc2-c2cccc(-c3ccc(N(c4cc(-c5ccc6ccccc6c5)ccc4-c4ccc5ccccc5c4)c4cccc5ccccc45)cc3)c21. The summed E-state index contributed by atoms with van der Waals surface area (Å²) in [5, 5.41) is 7.36. The number of nitrogens with zero attached hydrogens (tertiary/aromatic N) is 1. The number of hydrogen-bond donors (Lipinski definition) is 0. The number of benzene rings is 10. The van der Waals surface area contributed by atoms with E-state index in [2.05, 4.69) is 231 Å². The molecule has 0 amide bonds. The van der Waals surface area contributed by atoms with E-state index in [4.69, 9.17) is 0 Å². The van der Waals surface area contributed by atoms with Gasteiger partial charge in [-0.05, 0) is 113 Å². The van der Waals surface area contributed by atoms with Gasteiger partial charge >= 0.3 is 0 Å². The Morgan fingerprint density at radius 3 is 1.64 bits per heavy atom. The fraction of sp³-hybridized carbons (Fsp3) is 0.0526. The molecule has 10 aromatic carbocycles. The number of rotatable bonds is 6. The molecule has 0 saturated heterocycles. The quantitative estimate of drug-likeness (QED) is 0.164. The maximum Gasteiger partial charge on any atom is 0.0546 e. The molecule has 0 N–H and O–H groups in total. The van der Waals surface area contributed by atoms with Crippen molar-refractivity contribution in [2.45, 2.75) is 19.3 Å². The Balaban J connectivity index is 1.13. The Bertz CT molecular complexity index is 3200. The third-order valence-electron chi connectivity index (χ3n) is 12.4. The lowest BCUT2D eigenvalue weighted by Gasteiger charge is -2.30. The molecule has 0 fully saturated rings. The summed E-state index contributed by atoms with van der Waals surface area (Å²) in [7, 11) is 0. The third-order valence-corrected chi connectivity index (χ3v) is 12.4. The van der Waals surface area contributed by atoms with Crippen LogP contribution in [0.2, 0.25) is 0 Å². The standard InChI is InChI=1S/C57H41N/c1-57(2)53-23-10-9-20-51(53)52-22-12-21-50(56(52)57)41-29-32-47(33-30-41)58(54-24-11-18-40-15-7-8-19-48(40)54)55-37-45(44-27-25-38-13-3-5-16-42(38)35-44)31-34-49(55)46-28-26-39-14-4-6-17-43(39)36-46/h3-37H,1-2H3. The van der Waals surface area contributed by atoms with Gasteiger partial charge in [-0.3, -0.25) is 0 Å². The first-order valence-electron chi connectivity index (χ1n) is 20.3. The highest BCUT2D eigenvalue weighted by molar-refractivity contribution is 6.03. The lowest BCUT2D eigenvalue weighted by Crippen LogP contribution is -2.16. The molecule has 0 atom stereocenters. The second-order valence-corrected chi connectivity index (χ2v) is 16.1. The van der Waals surface area contributed by atoms with Crippen LogP contribution in [0.1, 0.15) is 25.0 Å². The van der Waals surface area contributed by atoms with E-state index in [0.29, 0.717) is 0 Å². The van der Waals surface area contributed by atoms with Gasteiger partial charge in [-0.15, -0.1) is 0 Å². The molecule has 1 aliphatic carbocycles. The zero-order chi connectivity index (χ0) is 38.8. The molecule has 0 bridgehead atoms. The predicted octanol–water partition coefficient (Wildman–Crippen LogP) is 15.9. The molecular formula is C57H41N. The van der Waals surface area contributed by atoms with Crippen LogP contribution in [0.5, 0.6) is 0 Å². The average Bonchev–Trinajstić information content (AvgIpc) is 3.52. The van der Waals surface area contributed by atoms with Crippen molar-refractivity contribution in [2.24, 2.45) is 0 Å². The van der Waals surface area contributed by atoms with E-state index < -0.39 is 0 Å². The highest BCUT2D eigenvalue weighted by atomic mass is 15.1. The van der Waals surface area contributed by atoms with Gasteiger partial charge in [0.1, 0.15) is 0 Å². The lowest BCUT2D eigenvalue weighted by atomic mass is 9.79. The molecule has 274 valence electrons. The van der Waals surface area contributed by atoms with Crippen molar-refractivity contribution in [1.82, 2.24) is 0 Å². The van der Waals surface area contributed by atoms with Gasteiger partial charge in [0.05, 0.1) is 11.4 Å². The van der Waals surface area contributed by atoms with Gasteiger partial charge in [0, 0.05) is 22.1 Å². The molecule has 10 aromatic rings. The van der Waals surface area contributed by atoms with E-state index in [0.717, 1.165) is 17.1 Å². The van der Waals surface area contributed by atoms with Crippen LogP contribution in [0.4, 0.5) is 17.1 Å². The van der Waals surface area contributed by atoms with Crippen LogP contribution >= 0.6 is 0 Å². The molecule has 0 spiro atoms.